The van der Waals surface area contributed by atoms with Crippen molar-refractivity contribution in [3.63, 3.8) is 0 Å². The minimum Gasteiger partial charge on any atom is -0.350 e. The number of carbonyl (C=O) groups is 2. The summed E-state index contributed by atoms with van der Waals surface area (Å²) in [5, 5.41) is 5.33. The van der Waals surface area contributed by atoms with Crippen molar-refractivity contribution >= 4 is 11.8 Å². The molecule has 132 valence electrons. The van der Waals surface area contributed by atoms with E-state index >= 15 is 0 Å². The molecule has 0 radical (unpaired) electrons. The highest BCUT2D eigenvalue weighted by molar-refractivity contribution is 5.87. The molecule has 25 heavy (non-hydrogen) atoms. The SMILES string of the molecule is CC(C)[C@H](N)C(=O)NCC(=O)NCc1ccc(-c2ccncc2)cc1. The van der Waals surface area contributed by atoms with Crippen molar-refractivity contribution < 1.29 is 9.59 Å². The molecule has 0 aliphatic heterocycles. The predicted molar refractivity (Wildman–Crippen MR) is 97.3 cm³/mol. The molecule has 2 aromatic rings. The quantitative estimate of drug-likeness (QED) is 0.711. The second kappa shape index (κ2) is 8.94. The molecule has 0 aliphatic carbocycles. The van der Waals surface area contributed by atoms with Gasteiger partial charge in [-0.3, -0.25) is 14.6 Å². The van der Waals surface area contributed by atoms with Crippen LogP contribution in [0.4, 0.5) is 0 Å². The number of carbonyl (C=O) groups excluding carboxylic acids is 2. The lowest BCUT2D eigenvalue weighted by Crippen LogP contribution is -2.47. The van der Waals surface area contributed by atoms with Gasteiger partial charge in [0.2, 0.25) is 11.8 Å². The monoisotopic (exact) mass is 340 g/mol. The van der Waals surface area contributed by atoms with E-state index in [-0.39, 0.29) is 24.3 Å². The summed E-state index contributed by atoms with van der Waals surface area (Å²) in [6.07, 6.45) is 3.51. The Morgan fingerprint density at radius 1 is 1.00 bits per heavy atom. The van der Waals surface area contributed by atoms with Gasteiger partial charge in [-0.15, -0.1) is 0 Å². The van der Waals surface area contributed by atoms with Crippen molar-refractivity contribution in [3.05, 3.63) is 54.4 Å². The van der Waals surface area contributed by atoms with Gasteiger partial charge < -0.3 is 16.4 Å². The fourth-order valence-corrected chi connectivity index (χ4v) is 2.21. The van der Waals surface area contributed by atoms with Gasteiger partial charge in [-0.25, -0.2) is 0 Å². The lowest BCUT2D eigenvalue weighted by Gasteiger charge is -2.15. The molecule has 0 fully saturated rings. The Morgan fingerprint density at radius 3 is 2.20 bits per heavy atom. The highest BCUT2D eigenvalue weighted by Gasteiger charge is 2.17. The van der Waals surface area contributed by atoms with E-state index in [0.717, 1.165) is 16.7 Å². The van der Waals surface area contributed by atoms with E-state index in [9.17, 15) is 9.59 Å². The number of aromatic nitrogens is 1. The van der Waals surface area contributed by atoms with Crippen molar-refractivity contribution in [3.8, 4) is 11.1 Å². The average Bonchev–Trinajstić information content (AvgIpc) is 2.64. The maximum Gasteiger partial charge on any atom is 0.239 e. The van der Waals surface area contributed by atoms with Gasteiger partial charge in [0.25, 0.3) is 0 Å². The van der Waals surface area contributed by atoms with Crippen LogP contribution in [0.15, 0.2) is 48.8 Å². The van der Waals surface area contributed by atoms with Crippen LogP contribution in [0.5, 0.6) is 0 Å². The highest BCUT2D eigenvalue weighted by atomic mass is 16.2. The van der Waals surface area contributed by atoms with Crippen molar-refractivity contribution in [2.24, 2.45) is 11.7 Å². The molecule has 1 aromatic heterocycles. The van der Waals surface area contributed by atoms with Crippen LogP contribution in [0.2, 0.25) is 0 Å². The van der Waals surface area contributed by atoms with E-state index in [0.29, 0.717) is 6.54 Å². The maximum atomic E-state index is 11.8. The maximum absolute atomic E-state index is 11.8. The van der Waals surface area contributed by atoms with Crippen LogP contribution in [0.3, 0.4) is 0 Å². The molecule has 6 nitrogen and oxygen atoms in total. The Labute approximate surface area is 147 Å². The van der Waals surface area contributed by atoms with Crippen LogP contribution in [0, 0.1) is 5.92 Å². The molecule has 4 N–H and O–H groups in total. The minimum atomic E-state index is -0.603. The molecule has 0 aliphatic rings. The van der Waals surface area contributed by atoms with E-state index in [1.54, 1.807) is 12.4 Å². The van der Waals surface area contributed by atoms with Crippen LogP contribution < -0.4 is 16.4 Å². The van der Waals surface area contributed by atoms with Crippen molar-refractivity contribution in [2.45, 2.75) is 26.4 Å². The molecule has 6 heteroatoms. The Balaban J connectivity index is 1.79. The van der Waals surface area contributed by atoms with E-state index in [1.165, 1.54) is 0 Å². The first kappa shape index (κ1) is 18.6. The number of rotatable bonds is 7. The number of hydrogen-bond donors (Lipinski definition) is 3. The molecule has 1 aromatic carbocycles. The fraction of sp³-hybridized carbons (Fsp3) is 0.316. The van der Waals surface area contributed by atoms with Gasteiger partial charge in [-0.05, 0) is 34.7 Å². The Hall–Kier alpha value is -2.73. The van der Waals surface area contributed by atoms with Gasteiger partial charge in [0.15, 0.2) is 0 Å². The first-order valence-corrected chi connectivity index (χ1v) is 8.26. The molecule has 2 rings (SSSR count). The third-order valence-corrected chi connectivity index (χ3v) is 3.90. The topological polar surface area (TPSA) is 97.1 Å². The molecule has 1 heterocycles. The lowest BCUT2D eigenvalue weighted by molar-refractivity contribution is -0.127. The van der Waals surface area contributed by atoms with Gasteiger partial charge in [0, 0.05) is 18.9 Å². The average molecular weight is 340 g/mol. The van der Waals surface area contributed by atoms with Gasteiger partial charge in [0.05, 0.1) is 12.6 Å². The number of nitrogens with zero attached hydrogens (tertiary/aromatic N) is 1. The molecule has 0 spiro atoms. The lowest BCUT2D eigenvalue weighted by atomic mass is 10.1. The molecular formula is C19H24N4O2. The molecule has 0 saturated carbocycles. The third kappa shape index (κ3) is 5.69. The molecule has 1 atom stereocenters. The smallest absolute Gasteiger partial charge is 0.239 e. The van der Waals surface area contributed by atoms with E-state index < -0.39 is 6.04 Å². The Kier molecular flexibility index (Phi) is 6.65. The predicted octanol–water partition coefficient (Wildman–Crippen LogP) is 1.46. The zero-order chi connectivity index (χ0) is 18.2. The Bertz CT molecular complexity index is 699. The summed E-state index contributed by atoms with van der Waals surface area (Å²) in [5.41, 5.74) is 8.89. The number of hydrogen-bond acceptors (Lipinski definition) is 4. The summed E-state index contributed by atoms with van der Waals surface area (Å²) in [4.78, 5) is 27.5. The van der Waals surface area contributed by atoms with E-state index in [2.05, 4.69) is 15.6 Å². The first-order valence-electron chi connectivity index (χ1n) is 8.26. The summed E-state index contributed by atoms with van der Waals surface area (Å²) in [6, 6.07) is 11.2. The normalized spacial score (nSPS) is 11.8. The molecule has 0 bridgehead atoms. The fourth-order valence-electron chi connectivity index (χ4n) is 2.21. The molecule has 0 saturated heterocycles. The Morgan fingerprint density at radius 2 is 1.60 bits per heavy atom. The third-order valence-electron chi connectivity index (χ3n) is 3.90. The number of amides is 2. The summed E-state index contributed by atoms with van der Waals surface area (Å²) in [7, 11) is 0. The van der Waals surface area contributed by atoms with E-state index in [4.69, 9.17) is 5.73 Å². The van der Waals surface area contributed by atoms with Gasteiger partial charge in [-0.2, -0.15) is 0 Å². The second-order valence-electron chi connectivity index (χ2n) is 6.20. The van der Waals surface area contributed by atoms with E-state index in [1.807, 2.05) is 50.2 Å². The summed E-state index contributed by atoms with van der Waals surface area (Å²) in [5.74, 6) is -0.531. The number of pyridine rings is 1. The van der Waals surface area contributed by atoms with Gasteiger partial charge >= 0.3 is 0 Å². The van der Waals surface area contributed by atoms with Gasteiger partial charge in [-0.1, -0.05) is 38.1 Å². The van der Waals surface area contributed by atoms with Crippen LogP contribution in [0.25, 0.3) is 11.1 Å². The zero-order valence-electron chi connectivity index (χ0n) is 14.5. The van der Waals surface area contributed by atoms with Crippen LogP contribution >= 0.6 is 0 Å². The summed E-state index contributed by atoms with van der Waals surface area (Å²) in [6.45, 7) is 4.05. The van der Waals surface area contributed by atoms with Crippen molar-refractivity contribution in [2.75, 3.05) is 6.54 Å². The largest absolute Gasteiger partial charge is 0.350 e. The minimum absolute atomic E-state index is 0.0296. The molecule has 2 amide bonds. The van der Waals surface area contributed by atoms with Crippen LogP contribution in [-0.4, -0.2) is 29.4 Å². The van der Waals surface area contributed by atoms with Crippen molar-refractivity contribution in [1.29, 1.82) is 0 Å². The van der Waals surface area contributed by atoms with Crippen LogP contribution in [0.1, 0.15) is 19.4 Å². The standard InChI is InChI=1S/C19H24N4O2/c1-13(2)18(20)19(25)23-12-17(24)22-11-14-3-5-15(6-4-14)16-7-9-21-10-8-16/h3-10,13,18H,11-12,20H2,1-2H3,(H,22,24)(H,23,25)/t18-/m0/s1. The first-order chi connectivity index (χ1) is 12.0. The number of nitrogens with two attached hydrogens (primary N) is 1. The zero-order valence-corrected chi connectivity index (χ0v) is 14.5. The number of nitrogens with one attached hydrogen (secondary N) is 2. The second-order valence-corrected chi connectivity index (χ2v) is 6.20. The molecule has 0 unspecified atom stereocenters. The van der Waals surface area contributed by atoms with Gasteiger partial charge in [0.1, 0.15) is 0 Å². The number of benzene rings is 1. The summed E-state index contributed by atoms with van der Waals surface area (Å²) >= 11 is 0. The van der Waals surface area contributed by atoms with Crippen molar-refractivity contribution in [1.82, 2.24) is 15.6 Å². The summed E-state index contributed by atoms with van der Waals surface area (Å²) < 4.78 is 0. The highest BCUT2D eigenvalue weighted by Crippen LogP contribution is 2.18. The molecular weight excluding hydrogens is 316 g/mol. The van der Waals surface area contributed by atoms with Crippen LogP contribution in [-0.2, 0) is 16.1 Å².